The van der Waals surface area contributed by atoms with Gasteiger partial charge >= 0.3 is 0 Å². The fraction of sp³-hybridized carbons (Fsp3) is 0.615. The van der Waals surface area contributed by atoms with Crippen LogP contribution in [0.25, 0.3) is 0 Å². The molecule has 3 nitrogen and oxygen atoms in total. The van der Waals surface area contributed by atoms with Gasteiger partial charge in [0.1, 0.15) is 11.6 Å². The lowest BCUT2D eigenvalue weighted by Crippen LogP contribution is -2.29. The normalized spacial score (nSPS) is 21.1. The number of anilines is 1. The molecule has 2 heterocycles. The van der Waals surface area contributed by atoms with Crippen LogP contribution < -0.4 is 5.32 Å². The molecule has 1 aromatic rings. The number of hydrogen-bond donors (Lipinski definition) is 1. The molecule has 2 rings (SSSR count). The van der Waals surface area contributed by atoms with E-state index in [2.05, 4.69) is 29.0 Å². The Kier molecular flexibility index (Phi) is 3.94. The number of likely N-dealkylation sites (tertiary alicyclic amines) is 1. The zero-order valence-corrected chi connectivity index (χ0v) is 10.5. The van der Waals surface area contributed by atoms with Crippen molar-refractivity contribution in [2.24, 2.45) is 5.92 Å². The Morgan fingerprint density at radius 2 is 2.35 bits per heavy atom. The molecule has 0 spiro atoms. The predicted molar refractivity (Wildman–Crippen MR) is 67.5 cm³/mol. The molecule has 0 radical (unpaired) electrons. The van der Waals surface area contributed by atoms with Crippen molar-refractivity contribution >= 4 is 5.82 Å². The van der Waals surface area contributed by atoms with Gasteiger partial charge in [-0.15, -0.1) is 0 Å². The van der Waals surface area contributed by atoms with Gasteiger partial charge in [0.15, 0.2) is 0 Å². The first-order valence-corrected chi connectivity index (χ1v) is 6.24. The van der Waals surface area contributed by atoms with Gasteiger partial charge in [0.05, 0.1) is 6.20 Å². The average molecular weight is 237 g/mol. The number of aromatic nitrogens is 1. The van der Waals surface area contributed by atoms with Crippen LogP contribution in [0.5, 0.6) is 0 Å². The van der Waals surface area contributed by atoms with Crippen molar-refractivity contribution in [2.75, 3.05) is 25.0 Å². The topological polar surface area (TPSA) is 28.2 Å². The number of nitrogens with one attached hydrogen (secondary N) is 1. The third-order valence-electron chi connectivity index (χ3n) is 3.35. The van der Waals surface area contributed by atoms with Crippen LogP contribution in [0.4, 0.5) is 10.2 Å². The number of rotatable bonds is 4. The fourth-order valence-corrected chi connectivity index (χ4v) is 2.23. The van der Waals surface area contributed by atoms with Crippen molar-refractivity contribution in [1.82, 2.24) is 9.88 Å². The van der Waals surface area contributed by atoms with Gasteiger partial charge in [-0.05, 0) is 44.9 Å². The van der Waals surface area contributed by atoms with Gasteiger partial charge in [0.2, 0.25) is 0 Å². The molecule has 1 aliphatic heterocycles. The highest BCUT2D eigenvalue weighted by atomic mass is 19.1. The summed E-state index contributed by atoms with van der Waals surface area (Å²) in [5.74, 6) is 1.14. The van der Waals surface area contributed by atoms with Crippen molar-refractivity contribution in [1.29, 1.82) is 0 Å². The van der Waals surface area contributed by atoms with Gasteiger partial charge in [-0.25, -0.2) is 9.37 Å². The molecule has 1 saturated heterocycles. The van der Waals surface area contributed by atoms with E-state index < -0.39 is 0 Å². The van der Waals surface area contributed by atoms with Crippen LogP contribution in [-0.4, -0.2) is 35.6 Å². The predicted octanol–water partition coefficient (Wildman–Crippen LogP) is 2.36. The highest BCUT2D eigenvalue weighted by molar-refractivity contribution is 5.33. The van der Waals surface area contributed by atoms with Gasteiger partial charge < -0.3 is 10.2 Å². The summed E-state index contributed by atoms with van der Waals surface area (Å²) < 4.78 is 12.7. The Bertz CT molecular complexity index is 350. The van der Waals surface area contributed by atoms with E-state index in [-0.39, 0.29) is 5.82 Å². The molecular weight excluding hydrogens is 217 g/mol. The molecule has 1 aliphatic rings. The number of nitrogens with zero attached hydrogens (tertiary/aromatic N) is 2. The molecule has 0 aromatic carbocycles. The van der Waals surface area contributed by atoms with Crippen molar-refractivity contribution in [2.45, 2.75) is 26.3 Å². The van der Waals surface area contributed by atoms with Gasteiger partial charge in [-0.3, -0.25) is 0 Å². The van der Waals surface area contributed by atoms with Gasteiger partial charge in [0.25, 0.3) is 0 Å². The Labute approximate surface area is 102 Å². The van der Waals surface area contributed by atoms with Crippen molar-refractivity contribution in [3.63, 3.8) is 0 Å². The van der Waals surface area contributed by atoms with Crippen LogP contribution >= 0.6 is 0 Å². The highest BCUT2D eigenvalue weighted by Gasteiger charge is 2.23. The minimum Gasteiger partial charge on any atom is -0.370 e. The second-order valence-corrected chi connectivity index (χ2v) is 4.99. The van der Waals surface area contributed by atoms with Crippen LogP contribution in [0.1, 0.15) is 20.3 Å². The van der Waals surface area contributed by atoms with E-state index in [4.69, 9.17) is 0 Å². The number of hydrogen-bond acceptors (Lipinski definition) is 3. The molecule has 0 amide bonds. The van der Waals surface area contributed by atoms with E-state index in [0.29, 0.717) is 12.0 Å². The monoisotopic (exact) mass is 237 g/mol. The molecule has 1 aromatic heterocycles. The Morgan fingerprint density at radius 3 is 2.94 bits per heavy atom. The Morgan fingerprint density at radius 1 is 1.53 bits per heavy atom. The van der Waals surface area contributed by atoms with Gasteiger partial charge in [-0.2, -0.15) is 0 Å². The molecule has 94 valence electrons. The summed E-state index contributed by atoms with van der Waals surface area (Å²) in [5, 5.41) is 3.27. The lowest BCUT2D eigenvalue weighted by Gasteiger charge is -2.20. The third kappa shape index (κ3) is 3.40. The second-order valence-electron chi connectivity index (χ2n) is 4.99. The Balaban J connectivity index is 1.78. The lowest BCUT2D eigenvalue weighted by atomic mass is 10.1. The molecule has 0 aliphatic carbocycles. The quantitative estimate of drug-likeness (QED) is 0.871. The standard InChI is InChI=1S/C13H20FN3/c1-10(2)17-6-5-11(9-17)7-15-13-4-3-12(14)8-16-13/h3-4,8,10-11H,5-7,9H2,1-2H3,(H,15,16). The van der Waals surface area contributed by atoms with Crippen molar-refractivity contribution in [3.8, 4) is 0 Å². The van der Waals surface area contributed by atoms with Gasteiger partial charge in [0, 0.05) is 19.1 Å². The van der Waals surface area contributed by atoms with Crippen molar-refractivity contribution < 1.29 is 4.39 Å². The first-order valence-electron chi connectivity index (χ1n) is 6.24. The van der Waals surface area contributed by atoms with Crippen LogP contribution in [0.2, 0.25) is 0 Å². The van der Waals surface area contributed by atoms with E-state index in [1.165, 1.54) is 25.2 Å². The molecule has 0 bridgehead atoms. The summed E-state index contributed by atoms with van der Waals surface area (Å²) in [5.41, 5.74) is 0. The molecular formula is C13H20FN3. The fourth-order valence-electron chi connectivity index (χ4n) is 2.23. The van der Waals surface area contributed by atoms with Crippen LogP contribution in [0.3, 0.4) is 0 Å². The first-order chi connectivity index (χ1) is 8.15. The minimum atomic E-state index is -0.289. The van der Waals surface area contributed by atoms with Gasteiger partial charge in [-0.1, -0.05) is 0 Å². The number of halogens is 1. The van der Waals surface area contributed by atoms with Crippen LogP contribution in [-0.2, 0) is 0 Å². The maximum atomic E-state index is 12.7. The number of pyridine rings is 1. The minimum absolute atomic E-state index is 0.289. The average Bonchev–Trinajstić information content (AvgIpc) is 2.77. The summed E-state index contributed by atoms with van der Waals surface area (Å²) >= 11 is 0. The van der Waals surface area contributed by atoms with E-state index in [9.17, 15) is 4.39 Å². The maximum Gasteiger partial charge on any atom is 0.141 e. The van der Waals surface area contributed by atoms with E-state index >= 15 is 0 Å². The summed E-state index contributed by atoms with van der Waals surface area (Å²) in [7, 11) is 0. The van der Waals surface area contributed by atoms with Crippen LogP contribution in [0, 0.1) is 11.7 Å². The molecule has 1 fully saturated rings. The molecule has 1 unspecified atom stereocenters. The summed E-state index contributed by atoms with van der Waals surface area (Å²) in [4.78, 5) is 6.48. The zero-order chi connectivity index (χ0) is 12.3. The maximum absolute atomic E-state index is 12.7. The summed E-state index contributed by atoms with van der Waals surface area (Å²) in [6.07, 6.45) is 2.48. The van der Waals surface area contributed by atoms with E-state index in [0.717, 1.165) is 18.9 Å². The Hall–Kier alpha value is -1.16. The van der Waals surface area contributed by atoms with Crippen LogP contribution in [0.15, 0.2) is 18.3 Å². The van der Waals surface area contributed by atoms with Crippen molar-refractivity contribution in [3.05, 3.63) is 24.1 Å². The summed E-state index contributed by atoms with van der Waals surface area (Å²) in [6.45, 7) is 7.71. The highest BCUT2D eigenvalue weighted by Crippen LogP contribution is 2.18. The molecule has 0 saturated carbocycles. The molecule has 1 N–H and O–H groups in total. The first kappa shape index (κ1) is 12.3. The molecule has 17 heavy (non-hydrogen) atoms. The zero-order valence-electron chi connectivity index (χ0n) is 10.5. The third-order valence-corrected chi connectivity index (χ3v) is 3.35. The molecule has 4 heteroatoms. The van der Waals surface area contributed by atoms with E-state index in [1.807, 2.05) is 0 Å². The molecule has 1 atom stereocenters. The lowest BCUT2D eigenvalue weighted by molar-refractivity contribution is 0.266. The largest absolute Gasteiger partial charge is 0.370 e. The smallest absolute Gasteiger partial charge is 0.141 e. The summed E-state index contributed by atoms with van der Waals surface area (Å²) in [6, 6.07) is 3.75. The second kappa shape index (κ2) is 5.45. The van der Waals surface area contributed by atoms with E-state index in [1.54, 1.807) is 6.07 Å². The SMILES string of the molecule is CC(C)N1CCC(CNc2ccc(F)cn2)C1.